The minimum Gasteiger partial charge on any atom is -0.375 e. The van der Waals surface area contributed by atoms with Crippen molar-refractivity contribution in [2.75, 3.05) is 18.1 Å². The number of alkyl halides is 1. The van der Waals surface area contributed by atoms with Crippen LogP contribution in [0.3, 0.4) is 0 Å². The first-order chi connectivity index (χ1) is 8.63. The summed E-state index contributed by atoms with van der Waals surface area (Å²) in [6, 6.07) is 4.55. The number of ether oxygens (including phenoxy) is 1. The van der Waals surface area contributed by atoms with Gasteiger partial charge in [-0.3, -0.25) is 0 Å². The van der Waals surface area contributed by atoms with Crippen molar-refractivity contribution in [3.05, 3.63) is 23.4 Å². The van der Waals surface area contributed by atoms with Crippen molar-refractivity contribution < 1.29 is 4.74 Å². The largest absolute Gasteiger partial charge is 0.375 e. The minimum atomic E-state index is 0.257. The van der Waals surface area contributed by atoms with Crippen molar-refractivity contribution in [2.45, 2.75) is 45.2 Å². The number of aryl methyl sites for hydroxylation is 1. The molecule has 1 aliphatic rings. The molecule has 2 atom stereocenters. The van der Waals surface area contributed by atoms with Crippen LogP contribution in [0.5, 0.6) is 0 Å². The SMILES string of the molecule is CCc1cc(CCl)cc(N2CC(C)OCC2C)n1. The molecule has 3 nitrogen and oxygen atoms in total. The van der Waals surface area contributed by atoms with Crippen molar-refractivity contribution in [3.63, 3.8) is 0 Å². The van der Waals surface area contributed by atoms with E-state index < -0.39 is 0 Å². The predicted molar refractivity (Wildman–Crippen MR) is 75.4 cm³/mol. The Morgan fingerprint density at radius 2 is 2.22 bits per heavy atom. The Morgan fingerprint density at radius 3 is 2.89 bits per heavy atom. The third-order valence-electron chi connectivity index (χ3n) is 3.34. The summed E-state index contributed by atoms with van der Waals surface area (Å²) in [5.74, 6) is 1.57. The number of anilines is 1. The van der Waals surface area contributed by atoms with Gasteiger partial charge in [-0.25, -0.2) is 4.98 Å². The van der Waals surface area contributed by atoms with Gasteiger partial charge in [-0.1, -0.05) is 6.92 Å². The molecule has 1 saturated heterocycles. The Balaban J connectivity index is 2.30. The maximum atomic E-state index is 5.96. The van der Waals surface area contributed by atoms with Crippen LogP contribution in [0.4, 0.5) is 5.82 Å². The van der Waals surface area contributed by atoms with Gasteiger partial charge in [0, 0.05) is 18.1 Å². The number of pyridine rings is 1. The summed E-state index contributed by atoms with van der Waals surface area (Å²) in [6.07, 6.45) is 1.19. The maximum Gasteiger partial charge on any atom is 0.129 e. The van der Waals surface area contributed by atoms with Crippen LogP contribution in [-0.2, 0) is 17.0 Å². The fourth-order valence-corrected chi connectivity index (χ4v) is 2.42. The zero-order valence-corrected chi connectivity index (χ0v) is 12.1. The van der Waals surface area contributed by atoms with E-state index in [0.717, 1.165) is 36.6 Å². The summed E-state index contributed by atoms with van der Waals surface area (Å²) in [4.78, 5) is 7.04. The Hall–Kier alpha value is -0.800. The van der Waals surface area contributed by atoms with Crippen LogP contribution in [0.25, 0.3) is 0 Å². The second-order valence-electron chi connectivity index (χ2n) is 4.96. The molecule has 1 aliphatic heterocycles. The molecular weight excluding hydrogens is 248 g/mol. The molecule has 0 amide bonds. The highest BCUT2D eigenvalue weighted by Gasteiger charge is 2.24. The van der Waals surface area contributed by atoms with Gasteiger partial charge < -0.3 is 9.64 Å². The lowest BCUT2D eigenvalue weighted by Crippen LogP contribution is -2.47. The second-order valence-corrected chi connectivity index (χ2v) is 5.22. The van der Waals surface area contributed by atoms with E-state index >= 15 is 0 Å². The summed E-state index contributed by atoms with van der Waals surface area (Å²) in [7, 11) is 0. The minimum absolute atomic E-state index is 0.257. The highest BCUT2D eigenvalue weighted by molar-refractivity contribution is 6.17. The van der Waals surface area contributed by atoms with Crippen LogP contribution in [0.1, 0.15) is 32.0 Å². The second kappa shape index (κ2) is 5.89. The summed E-state index contributed by atoms with van der Waals surface area (Å²) in [5, 5.41) is 0. The predicted octanol–water partition coefficient (Wildman–Crippen LogP) is 3.00. The van der Waals surface area contributed by atoms with E-state index in [-0.39, 0.29) is 6.10 Å². The lowest BCUT2D eigenvalue weighted by atomic mass is 10.1. The molecule has 2 heterocycles. The van der Waals surface area contributed by atoms with Crippen molar-refractivity contribution in [3.8, 4) is 0 Å². The Morgan fingerprint density at radius 1 is 1.44 bits per heavy atom. The Kier molecular flexibility index (Phi) is 4.46. The Bertz CT molecular complexity index is 389. The van der Waals surface area contributed by atoms with E-state index in [2.05, 4.69) is 37.8 Å². The third kappa shape index (κ3) is 2.96. The molecule has 0 spiro atoms. The van der Waals surface area contributed by atoms with Crippen LogP contribution < -0.4 is 4.90 Å². The lowest BCUT2D eigenvalue weighted by Gasteiger charge is -2.38. The lowest BCUT2D eigenvalue weighted by molar-refractivity contribution is 0.0340. The van der Waals surface area contributed by atoms with E-state index in [1.165, 1.54) is 0 Å². The topological polar surface area (TPSA) is 25.4 Å². The summed E-state index contributed by atoms with van der Waals surface area (Å²) < 4.78 is 5.66. The number of nitrogens with zero attached hydrogens (tertiary/aromatic N) is 2. The molecule has 0 bridgehead atoms. The molecule has 0 saturated carbocycles. The first-order valence-electron chi connectivity index (χ1n) is 6.58. The van der Waals surface area contributed by atoms with E-state index in [9.17, 15) is 0 Å². The van der Waals surface area contributed by atoms with E-state index in [1.54, 1.807) is 0 Å². The van der Waals surface area contributed by atoms with Crippen LogP contribution in [0.15, 0.2) is 12.1 Å². The third-order valence-corrected chi connectivity index (χ3v) is 3.65. The molecule has 4 heteroatoms. The standard InChI is InChI=1S/C14H21ClN2O/c1-4-13-5-12(7-15)6-14(16-13)17-8-11(3)18-9-10(17)2/h5-6,10-11H,4,7-9H2,1-3H3. The van der Waals surface area contributed by atoms with Crippen LogP contribution in [-0.4, -0.2) is 30.3 Å². The van der Waals surface area contributed by atoms with Crippen LogP contribution in [0.2, 0.25) is 0 Å². The number of hydrogen-bond donors (Lipinski definition) is 0. The summed E-state index contributed by atoms with van der Waals surface area (Å²) in [5.41, 5.74) is 2.25. The van der Waals surface area contributed by atoms with Crippen LogP contribution in [0, 0.1) is 0 Å². The van der Waals surface area contributed by atoms with Gasteiger partial charge in [0.1, 0.15) is 5.82 Å². The molecule has 0 radical (unpaired) electrons. The van der Waals surface area contributed by atoms with Gasteiger partial charge in [0.15, 0.2) is 0 Å². The van der Waals surface area contributed by atoms with Gasteiger partial charge >= 0.3 is 0 Å². The molecule has 2 unspecified atom stereocenters. The number of morpholine rings is 1. The van der Waals surface area contributed by atoms with Gasteiger partial charge in [0.2, 0.25) is 0 Å². The van der Waals surface area contributed by atoms with E-state index in [4.69, 9.17) is 21.3 Å². The molecule has 0 aromatic carbocycles. The summed E-state index contributed by atoms with van der Waals surface area (Å²) in [6.45, 7) is 8.05. The molecule has 18 heavy (non-hydrogen) atoms. The molecule has 1 fully saturated rings. The number of hydrogen-bond acceptors (Lipinski definition) is 3. The van der Waals surface area contributed by atoms with Gasteiger partial charge in [-0.05, 0) is 38.0 Å². The molecule has 0 N–H and O–H groups in total. The highest BCUT2D eigenvalue weighted by Crippen LogP contribution is 2.22. The van der Waals surface area contributed by atoms with Gasteiger partial charge in [0.05, 0.1) is 18.8 Å². The fraction of sp³-hybridized carbons (Fsp3) is 0.643. The number of aromatic nitrogens is 1. The summed E-state index contributed by atoms with van der Waals surface area (Å²) >= 11 is 5.96. The number of halogens is 1. The van der Waals surface area contributed by atoms with Crippen molar-refractivity contribution in [1.82, 2.24) is 4.98 Å². The fourth-order valence-electron chi connectivity index (χ4n) is 2.26. The zero-order valence-electron chi connectivity index (χ0n) is 11.3. The molecule has 0 aliphatic carbocycles. The van der Waals surface area contributed by atoms with Gasteiger partial charge in [-0.15, -0.1) is 11.6 Å². The van der Waals surface area contributed by atoms with Crippen molar-refractivity contribution >= 4 is 17.4 Å². The van der Waals surface area contributed by atoms with E-state index in [0.29, 0.717) is 11.9 Å². The smallest absolute Gasteiger partial charge is 0.129 e. The number of rotatable bonds is 3. The molecule has 1 aromatic heterocycles. The molecule has 2 rings (SSSR count). The monoisotopic (exact) mass is 268 g/mol. The average molecular weight is 269 g/mol. The normalized spacial score (nSPS) is 24.3. The van der Waals surface area contributed by atoms with Crippen molar-refractivity contribution in [2.24, 2.45) is 0 Å². The molecule has 100 valence electrons. The molecule has 1 aromatic rings. The molecular formula is C14H21ClN2O. The first kappa shape index (κ1) is 13.6. The highest BCUT2D eigenvalue weighted by atomic mass is 35.5. The van der Waals surface area contributed by atoms with Crippen LogP contribution >= 0.6 is 11.6 Å². The van der Waals surface area contributed by atoms with E-state index in [1.807, 2.05) is 0 Å². The van der Waals surface area contributed by atoms with Gasteiger partial charge in [-0.2, -0.15) is 0 Å². The van der Waals surface area contributed by atoms with Gasteiger partial charge in [0.25, 0.3) is 0 Å². The first-order valence-corrected chi connectivity index (χ1v) is 7.11. The quantitative estimate of drug-likeness (QED) is 0.788. The zero-order chi connectivity index (χ0) is 13.1. The average Bonchev–Trinajstić information content (AvgIpc) is 2.40. The Labute approximate surface area is 114 Å². The maximum absolute atomic E-state index is 5.96. The van der Waals surface area contributed by atoms with Crippen molar-refractivity contribution in [1.29, 1.82) is 0 Å².